The summed E-state index contributed by atoms with van der Waals surface area (Å²) in [7, 11) is 1.63. The van der Waals surface area contributed by atoms with E-state index in [9.17, 15) is 4.79 Å². The van der Waals surface area contributed by atoms with Crippen molar-refractivity contribution in [3.63, 3.8) is 0 Å². The van der Waals surface area contributed by atoms with E-state index in [4.69, 9.17) is 9.47 Å². The largest absolute Gasteiger partial charge is 0.497 e. The number of rotatable bonds is 5. The van der Waals surface area contributed by atoms with Crippen LogP contribution in [-0.2, 0) is 9.53 Å². The van der Waals surface area contributed by atoms with Crippen LogP contribution >= 0.6 is 0 Å². The first-order valence-electron chi connectivity index (χ1n) is 5.42. The Morgan fingerprint density at radius 2 is 2.18 bits per heavy atom. The number of benzene rings is 1. The van der Waals surface area contributed by atoms with Crippen LogP contribution in [0.1, 0.15) is 12.5 Å². The Kier molecular flexibility index (Phi) is 5.58. The summed E-state index contributed by atoms with van der Waals surface area (Å²) in [6, 6.07) is 7.66. The monoisotopic (exact) mass is 232 g/mol. The van der Waals surface area contributed by atoms with Crippen molar-refractivity contribution in [2.45, 2.75) is 6.92 Å². The molecule has 0 aliphatic rings. The van der Waals surface area contributed by atoms with Crippen molar-refractivity contribution in [1.29, 1.82) is 0 Å². The van der Waals surface area contributed by atoms with E-state index in [1.807, 2.05) is 30.3 Å². The molecule has 1 aromatic rings. The summed E-state index contributed by atoms with van der Waals surface area (Å²) in [6.45, 7) is 2.17. The predicted octanol–water partition coefficient (Wildman–Crippen LogP) is 2.83. The SMILES string of the molecule is CCOC(=O)/C=C/C=C/c1cccc(OC)c1. The summed E-state index contributed by atoms with van der Waals surface area (Å²) in [5.74, 6) is 0.476. The first-order valence-corrected chi connectivity index (χ1v) is 5.42. The van der Waals surface area contributed by atoms with Gasteiger partial charge in [-0.1, -0.05) is 30.4 Å². The number of carbonyl (C=O) groups excluding carboxylic acids is 1. The number of carbonyl (C=O) groups is 1. The molecule has 17 heavy (non-hydrogen) atoms. The number of esters is 1. The van der Waals surface area contributed by atoms with Crippen LogP contribution < -0.4 is 4.74 Å². The van der Waals surface area contributed by atoms with E-state index in [2.05, 4.69) is 0 Å². The minimum atomic E-state index is -0.331. The molecule has 0 aliphatic carbocycles. The number of hydrogen-bond donors (Lipinski definition) is 0. The number of methoxy groups -OCH3 is 1. The minimum Gasteiger partial charge on any atom is -0.497 e. The molecule has 0 fully saturated rings. The first kappa shape index (κ1) is 13.0. The summed E-state index contributed by atoms with van der Waals surface area (Å²) in [4.78, 5) is 11.0. The molecular formula is C14H16O3. The fourth-order valence-electron chi connectivity index (χ4n) is 1.24. The summed E-state index contributed by atoms with van der Waals surface area (Å²) >= 11 is 0. The van der Waals surface area contributed by atoms with Crippen LogP contribution in [0.15, 0.2) is 42.5 Å². The second-order valence-corrected chi connectivity index (χ2v) is 3.25. The van der Waals surface area contributed by atoms with Crippen LogP contribution in [0.3, 0.4) is 0 Å². The van der Waals surface area contributed by atoms with E-state index in [0.717, 1.165) is 11.3 Å². The Morgan fingerprint density at radius 3 is 2.88 bits per heavy atom. The third kappa shape index (κ3) is 5.02. The van der Waals surface area contributed by atoms with Crippen molar-refractivity contribution in [2.75, 3.05) is 13.7 Å². The topological polar surface area (TPSA) is 35.5 Å². The van der Waals surface area contributed by atoms with Crippen LogP contribution in [0.4, 0.5) is 0 Å². The first-order chi connectivity index (χ1) is 8.26. The van der Waals surface area contributed by atoms with Gasteiger partial charge in [-0.15, -0.1) is 0 Å². The molecule has 0 heterocycles. The van der Waals surface area contributed by atoms with Crippen molar-refractivity contribution in [3.05, 3.63) is 48.1 Å². The lowest BCUT2D eigenvalue weighted by Gasteiger charge is -1.99. The van der Waals surface area contributed by atoms with Crippen LogP contribution in [0.5, 0.6) is 5.75 Å². The molecule has 0 N–H and O–H groups in total. The molecule has 90 valence electrons. The molecule has 0 unspecified atom stereocenters. The lowest BCUT2D eigenvalue weighted by Crippen LogP contribution is -1.98. The van der Waals surface area contributed by atoms with Crippen LogP contribution in [-0.4, -0.2) is 19.7 Å². The molecule has 1 aromatic carbocycles. The van der Waals surface area contributed by atoms with Gasteiger partial charge in [0, 0.05) is 6.08 Å². The van der Waals surface area contributed by atoms with Crippen molar-refractivity contribution in [2.24, 2.45) is 0 Å². The van der Waals surface area contributed by atoms with Gasteiger partial charge < -0.3 is 9.47 Å². The molecule has 0 saturated carbocycles. The highest BCUT2D eigenvalue weighted by molar-refractivity contribution is 5.82. The Labute approximate surface area is 101 Å². The predicted molar refractivity (Wildman–Crippen MR) is 67.8 cm³/mol. The van der Waals surface area contributed by atoms with Gasteiger partial charge in [0.1, 0.15) is 5.75 Å². The van der Waals surface area contributed by atoms with Gasteiger partial charge >= 0.3 is 5.97 Å². The maximum absolute atomic E-state index is 11.0. The fraction of sp³-hybridized carbons (Fsp3) is 0.214. The quantitative estimate of drug-likeness (QED) is 0.445. The lowest BCUT2D eigenvalue weighted by molar-refractivity contribution is -0.137. The van der Waals surface area contributed by atoms with Crippen LogP contribution in [0.25, 0.3) is 6.08 Å². The second-order valence-electron chi connectivity index (χ2n) is 3.25. The summed E-state index contributed by atoms with van der Waals surface area (Å²) in [5.41, 5.74) is 1.01. The second kappa shape index (κ2) is 7.28. The van der Waals surface area contributed by atoms with Gasteiger partial charge in [-0.2, -0.15) is 0 Å². The van der Waals surface area contributed by atoms with E-state index < -0.39 is 0 Å². The average molecular weight is 232 g/mol. The van der Waals surface area contributed by atoms with Crippen molar-refractivity contribution in [3.8, 4) is 5.75 Å². The maximum atomic E-state index is 11.0. The van der Waals surface area contributed by atoms with E-state index in [1.165, 1.54) is 6.08 Å². The van der Waals surface area contributed by atoms with Crippen LogP contribution in [0, 0.1) is 0 Å². The van der Waals surface area contributed by atoms with Gasteiger partial charge in [-0.3, -0.25) is 0 Å². The molecule has 0 aliphatic heterocycles. The molecule has 3 nitrogen and oxygen atoms in total. The zero-order valence-electron chi connectivity index (χ0n) is 10.1. The highest BCUT2D eigenvalue weighted by atomic mass is 16.5. The molecule has 0 saturated heterocycles. The lowest BCUT2D eigenvalue weighted by atomic mass is 10.2. The van der Waals surface area contributed by atoms with Gasteiger partial charge in [0.05, 0.1) is 13.7 Å². The van der Waals surface area contributed by atoms with E-state index in [1.54, 1.807) is 26.2 Å². The Hall–Kier alpha value is -2.03. The molecule has 0 aromatic heterocycles. The summed E-state index contributed by atoms with van der Waals surface area (Å²) in [6.07, 6.45) is 6.71. The van der Waals surface area contributed by atoms with Crippen molar-refractivity contribution in [1.82, 2.24) is 0 Å². The third-order valence-electron chi connectivity index (χ3n) is 2.01. The van der Waals surface area contributed by atoms with E-state index in [-0.39, 0.29) is 5.97 Å². The van der Waals surface area contributed by atoms with E-state index >= 15 is 0 Å². The fourth-order valence-corrected chi connectivity index (χ4v) is 1.24. The molecule has 0 bridgehead atoms. The van der Waals surface area contributed by atoms with E-state index in [0.29, 0.717) is 6.61 Å². The third-order valence-corrected chi connectivity index (χ3v) is 2.01. The van der Waals surface area contributed by atoms with Gasteiger partial charge in [0.15, 0.2) is 0 Å². The minimum absolute atomic E-state index is 0.331. The molecule has 1 rings (SSSR count). The van der Waals surface area contributed by atoms with Crippen molar-refractivity contribution < 1.29 is 14.3 Å². The average Bonchev–Trinajstić information content (AvgIpc) is 2.35. The van der Waals surface area contributed by atoms with Gasteiger partial charge in [0.2, 0.25) is 0 Å². The smallest absolute Gasteiger partial charge is 0.330 e. The molecule has 0 amide bonds. The molecule has 0 spiro atoms. The maximum Gasteiger partial charge on any atom is 0.330 e. The molecule has 3 heteroatoms. The number of hydrogen-bond acceptors (Lipinski definition) is 3. The van der Waals surface area contributed by atoms with Gasteiger partial charge in [-0.25, -0.2) is 4.79 Å². The molecule has 0 radical (unpaired) electrons. The zero-order chi connectivity index (χ0) is 12.5. The highest BCUT2D eigenvalue weighted by Crippen LogP contribution is 2.13. The van der Waals surface area contributed by atoms with Crippen LogP contribution in [0.2, 0.25) is 0 Å². The normalized spacial score (nSPS) is 10.9. The standard InChI is InChI=1S/C14H16O3/c1-3-17-14(15)10-5-4-7-12-8-6-9-13(11-12)16-2/h4-11H,3H2,1-2H3/b7-4+,10-5+. The number of ether oxygens (including phenoxy) is 2. The Balaban J connectivity index is 2.55. The van der Waals surface area contributed by atoms with Gasteiger partial charge in [0.25, 0.3) is 0 Å². The Morgan fingerprint density at radius 1 is 1.35 bits per heavy atom. The molecule has 0 atom stereocenters. The number of allylic oxidation sites excluding steroid dienone is 2. The van der Waals surface area contributed by atoms with Gasteiger partial charge in [-0.05, 0) is 24.6 Å². The summed E-state index contributed by atoms with van der Waals surface area (Å²) in [5, 5.41) is 0. The van der Waals surface area contributed by atoms with Crippen molar-refractivity contribution >= 4 is 12.0 Å². The Bertz CT molecular complexity index is 419. The zero-order valence-corrected chi connectivity index (χ0v) is 10.1. The highest BCUT2D eigenvalue weighted by Gasteiger charge is 1.92. The molecular weight excluding hydrogens is 216 g/mol. The summed E-state index contributed by atoms with van der Waals surface area (Å²) < 4.78 is 9.86.